The van der Waals surface area contributed by atoms with Gasteiger partial charge in [-0.1, -0.05) is 23.2 Å². The fraction of sp³-hybridized carbons (Fsp3) is 0.286. The Bertz CT molecular complexity index is 1020. The first-order valence-corrected chi connectivity index (χ1v) is 9.55. The van der Waals surface area contributed by atoms with Gasteiger partial charge in [0.15, 0.2) is 11.0 Å². The normalized spacial score (nSPS) is 13.4. The fourth-order valence-electron chi connectivity index (χ4n) is 2.04. The van der Waals surface area contributed by atoms with Gasteiger partial charge in [0.05, 0.1) is 5.02 Å². The highest BCUT2D eigenvalue weighted by molar-refractivity contribution is 7.89. The van der Waals surface area contributed by atoms with Crippen LogP contribution < -0.4 is 10.0 Å². The van der Waals surface area contributed by atoms with Gasteiger partial charge in [-0.2, -0.15) is 17.9 Å². The van der Waals surface area contributed by atoms with Gasteiger partial charge in [-0.3, -0.25) is 4.79 Å². The van der Waals surface area contributed by atoms with E-state index >= 15 is 0 Å². The quantitative estimate of drug-likeness (QED) is 0.526. The molecule has 0 radical (unpaired) electrons. The minimum absolute atomic E-state index is 0.151. The van der Waals surface area contributed by atoms with E-state index < -0.39 is 49.0 Å². The van der Waals surface area contributed by atoms with E-state index in [2.05, 4.69) is 10.3 Å². The molecule has 7 nitrogen and oxygen atoms in total. The number of alkyl halides is 3. The molecule has 14 heteroatoms. The largest absolute Gasteiger partial charge is 0.404 e. The second-order valence-electron chi connectivity index (χ2n) is 5.57. The summed E-state index contributed by atoms with van der Waals surface area (Å²) in [5.41, 5.74) is -0.371. The molecule has 2 heterocycles. The summed E-state index contributed by atoms with van der Waals surface area (Å²) in [5, 5.41) is 1.12. The van der Waals surface area contributed by atoms with Crippen molar-refractivity contribution in [1.82, 2.24) is 14.3 Å². The number of carbonyl (C=O) groups is 1. The number of hydrogen-bond donors (Lipinski definition) is 2. The van der Waals surface area contributed by atoms with Crippen LogP contribution in [0.15, 0.2) is 23.2 Å². The van der Waals surface area contributed by atoms with E-state index in [9.17, 15) is 30.8 Å². The van der Waals surface area contributed by atoms with Crippen LogP contribution in [0.4, 0.5) is 23.4 Å². The molecule has 2 rings (SSSR count). The lowest BCUT2D eigenvalue weighted by Crippen LogP contribution is -2.42. The summed E-state index contributed by atoms with van der Waals surface area (Å²) >= 11 is 11.4. The van der Waals surface area contributed by atoms with Crippen LogP contribution in [0.2, 0.25) is 10.2 Å². The van der Waals surface area contributed by atoms with Crippen molar-refractivity contribution >= 4 is 45.0 Å². The predicted molar refractivity (Wildman–Crippen MR) is 93.4 cm³/mol. The monoisotopic (exact) mass is 462 g/mol. The number of aryl methyl sites for hydroxylation is 1. The lowest BCUT2D eigenvalue weighted by Gasteiger charge is -2.16. The second-order valence-corrected chi connectivity index (χ2v) is 7.99. The number of anilines is 1. The number of amides is 1. The number of nitrogens with one attached hydrogen (secondary N) is 2. The zero-order chi connectivity index (χ0) is 21.4. The zero-order valence-corrected chi connectivity index (χ0v) is 16.4. The van der Waals surface area contributed by atoms with Crippen LogP contribution in [0.1, 0.15) is 17.4 Å². The topological polar surface area (TPSA) is 93.1 Å². The zero-order valence-electron chi connectivity index (χ0n) is 14.1. The lowest BCUT2D eigenvalue weighted by molar-refractivity contribution is -0.147. The van der Waals surface area contributed by atoms with Crippen molar-refractivity contribution in [1.29, 1.82) is 0 Å². The van der Waals surface area contributed by atoms with Crippen LogP contribution in [0.25, 0.3) is 0 Å². The van der Waals surface area contributed by atoms with Crippen molar-refractivity contribution in [2.24, 2.45) is 7.05 Å². The maximum Gasteiger partial charge on any atom is 0.404 e. The fourth-order valence-corrected chi connectivity index (χ4v) is 4.12. The van der Waals surface area contributed by atoms with Crippen molar-refractivity contribution in [2.75, 3.05) is 5.32 Å². The highest BCUT2D eigenvalue weighted by Crippen LogP contribution is 2.29. The van der Waals surface area contributed by atoms with Crippen molar-refractivity contribution in [3.63, 3.8) is 0 Å². The van der Waals surface area contributed by atoms with Gasteiger partial charge >= 0.3 is 6.18 Å². The summed E-state index contributed by atoms with van der Waals surface area (Å²) < 4.78 is 77.9. The summed E-state index contributed by atoms with van der Waals surface area (Å²) in [6, 6.07) is -0.340. The van der Waals surface area contributed by atoms with Crippen molar-refractivity contribution in [3.05, 3.63) is 40.0 Å². The Morgan fingerprint density at radius 3 is 2.43 bits per heavy atom. The molecule has 28 heavy (non-hydrogen) atoms. The second kappa shape index (κ2) is 7.85. The van der Waals surface area contributed by atoms with Crippen LogP contribution in [0.5, 0.6) is 0 Å². The molecule has 0 aromatic carbocycles. The molecule has 1 atom stereocenters. The molecule has 0 saturated carbocycles. The summed E-state index contributed by atoms with van der Waals surface area (Å²) in [6.45, 7) is 0.617. The first-order chi connectivity index (χ1) is 12.7. The SMILES string of the molecule is C[C@@H](NS(=O)(=O)c1cn(C)c(C(=O)Nc2ccc(F)c(Cl)n2)c1Cl)C(F)(F)F. The van der Waals surface area contributed by atoms with E-state index in [1.54, 1.807) is 0 Å². The lowest BCUT2D eigenvalue weighted by atomic mass is 10.3. The molecule has 2 N–H and O–H groups in total. The van der Waals surface area contributed by atoms with E-state index in [4.69, 9.17) is 23.2 Å². The Kier molecular flexibility index (Phi) is 6.28. The molecular weight excluding hydrogens is 451 g/mol. The summed E-state index contributed by atoms with van der Waals surface area (Å²) in [5.74, 6) is -1.91. The van der Waals surface area contributed by atoms with E-state index in [0.717, 1.165) is 22.9 Å². The Morgan fingerprint density at radius 1 is 1.29 bits per heavy atom. The summed E-state index contributed by atoms with van der Waals surface area (Å²) in [4.78, 5) is 15.2. The minimum Gasteiger partial charge on any atom is -0.344 e. The van der Waals surface area contributed by atoms with E-state index in [-0.39, 0.29) is 11.5 Å². The molecule has 0 unspecified atom stereocenters. The van der Waals surface area contributed by atoms with Crippen LogP contribution in [0, 0.1) is 5.82 Å². The number of nitrogens with zero attached hydrogens (tertiary/aromatic N) is 2. The van der Waals surface area contributed by atoms with Gasteiger partial charge in [-0.25, -0.2) is 17.8 Å². The van der Waals surface area contributed by atoms with Crippen LogP contribution in [-0.2, 0) is 17.1 Å². The Balaban J connectivity index is 2.34. The number of sulfonamides is 1. The Hall–Kier alpha value is -1.89. The number of pyridine rings is 1. The smallest absolute Gasteiger partial charge is 0.344 e. The molecule has 0 aliphatic rings. The number of aromatic nitrogens is 2. The minimum atomic E-state index is -4.82. The third kappa shape index (κ3) is 4.74. The average molecular weight is 463 g/mol. The van der Waals surface area contributed by atoms with Gasteiger partial charge < -0.3 is 9.88 Å². The molecule has 0 aliphatic heterocycles. The summed E-state index contributed by atoms with van der Waals surface area (Å²) in [7, 11) is -3.42. The molecule has 2 aromatic rings. The molecule has 1 amide bonds. The van der Waals surface area contributed by atoms with Crippen LogP contribution in [0.3, 0.4) is 0 Å². The van der Waals surface area contributed by atoms with Gasteiger partial charge in [0.1, 0.15) is 22.4 Å². The van der Waals surface area contributed by atoms with Gasteiger partial charge in [0, 0.05) is 13.2 Å². The van der Waals surface area contributed by atoms with E-state index in [1.807, 2.05) is 0 Å². The highest BCUT2D eigenvalue weighted by Gasteiger charge is 2.40. The predicted octanol–water partition coefficient (Wildman–Crippen LogP) is 3.35. The maximum absolute atomic E-state index is 13.1. The van der Waals surface area contributed by atoms with Crippen LogP contribution in [-0.4, -0.2) is 36.1 Å². The van der Waals surface area contributed by atoms with Crippen molar-refractivity contribution in [3.8, 4) is 0 Å². The summed E-state index contributed by atoms with van der Waals surface area (Å²) in [6.07, 6.45) is -3.93. The molecule has 0 spiro atoms. The maximum atomic E-state index is 13.1. The number of hydrogen-bond acceptors (Lipinski definition) is 4. The van der Waals surface area contributed by atoms with Crippen molar-refractivity contribution in [2.45, 2.75) is 24.0 Å². The molecule has 0 fully saturated rings. The molecule has 0 aliphatic carbocycles. The number of carbonyl (C=O) groups excluding carboxylic acids is 1. The molecule has 154 valence electrons. The van der Waals surface area contributed by atoms with Crippen molar-refractivity contribution < 1.29 is 30.8 Å². The molecule has 0 bridgehead atoms. The standard InChI is InChI=1S/C14H12Cl2F4N4O3S/c1-6(14(18,19)20)23-28(26,27)8-5-24(2)11(10(8)15)13(25)22-9-4-3-7(17)12(16)21-9/h3-6,23H,1-2H3,(H,21,22,25)/t6-/m1/s1. The van der Waals surface area contributed by atoms with Gasteiger partial charge in [0.25, 0.3) is 5.91 Å². The molecule has 2 aromatic heterocycles. The average Bonchev–Trinajstić information content (AvgIpc) is 2.85. The van der Waals surface area contributed by atoms with E-state index in [0.29, 0.717) is 6.92 Å². The first-order valence-electron chi connectivity index (χ1n) is 7.31. The molecule has 0 saturated heterocycles. The van der Waals surface area contributed by atoms with Gasteiger partial charge in [-0.15, -0.1) is 0 Å². The Morgan fingerprint density at radius 2 is 1.89 bits per heavy atom. The van der Waals surface area contributed by atoms with Gasteiger partial charge in [-0.05, 0) is 19.1 Å². The Labute approximate surface area is 166 Å². The third-order valence-corrected chi connectivity index (χ3v) is 5.77. The van der Waals surface area contributed by atoms with Crippen LogP contribution >= 0.6 is 23.2 Å². The highest BCUT2D eigenvalue weighted by atomic mass is 35.5. The molecular formula is C14H12Cl2F4N4O3S. The number of halogens is 6. The third-order valence-electron chi connectivity index (χ3n) is 3.46. The van der Waals surface area contributed by atoms with Gasteiger partial charge in [0.2, 0.25) is 10.0 Å². The number of rotatable bonds is 5. The first kappa shape index (κ1) is 22.4. The van der Waals surface area contributed by atoms with E-state index in [1.165, 1.54) is 11.8 Å².